The molecule has 0 unspecified atom stereocenters. The van der Waals surface area contributed by atoms with Gasteiger partial charge in [-0.3, -0.25) is 4.79 Å². The molecule has 0 bridgehead atoms. The molecule has 1 aliphatic heterocycles. The summed E-state index contributed by atoms with van der Waals surface area (Å²) >= 11 is 0. The van der Waals surface area contributed by atoms with Crippen molar-refractivity contribution < 1.29 is 9.90 Å². The van der Waals surface area contributed by atoms with Gasteiger partial charge in [0.15, 0.2) is 0 Å². The molecule has 0 aliphatic carbocycles. The van der Waals surface area contributed by atoms with E-state index >= 15 is 0 Å². The van der Waals surface area contributed by atoms with Gasteiger partial charge in [0.2, 0.25) is 5.91 Å². The molecule has 4 nitrogen and oxygen atoms in total. The smallest absolute Gasteiger partial charge is 0.239 e. The van der Waals surface area contributed by atoms with Crippen LogP contribution in [0.2, 0.25) is 0 Å². The molecule has 4 heteroatoms. The monoisotopic (exact) mass is 276 g/mol. The highest BCUT2D eigenvalue weighted by Crippen LogP contribution is 2.29. The minimum absolute atomic E-state index is 0.0357. The van der Waals surface area contributed by atoms with Crippen molar-refractivity contribution in [3.05, 3.63) is 29.8 Å². The summed E-state index contributed by atoms with van der Waals surface area (Å²) in [4.78, 5) is 14.2. The van der Waals surface area contributed by atoms with Crippen molar-refractivity contribution in [3.8, 4) is 5.75 Å². The van der Waals surface area contributed by atoms with Crippen LogP contribution in [0.15, 0.2) is 24.3 Å². The van der Waals surface area contributed by atoms with Gasteiger partial charge in [-0.2, -0.15) is 0 Å². The standard InChI is InChI=1S/C16H24N2O2/c1-16(2)7-9-18(10-8-16)15(20)14(17)11-12-3-5-13(19)6-4-12/h3-6,14,19H,7-11,17H2,1-2H3/t14-/m0/s1. The van der Waals surface area contributed by atoms with E-state index in [1.807, 2.05) is 17.0 Å². The van der Waals surface area contributed by atoms with Gasteiger partial charge in [0, 0.05) is 13.1 Å². The number of piperidine rings is 1. The number of carbonyl (C=O) groups excluding carboxylic acids is 1. The zero-order chi connectivity index (χ0) is 14.8. The zero-order valence-electron chi connectivity index (χ0n) is 12.3. The molecular weight excluding hydrogens is 252 g/mol. The van der Waals surface area contributed by atoms with Crippen molar-refractivity contribution in [2.24, 2.45) is 11.1 Å². The Morgan fingerprint density at radius 3 is 2.40 bits per heavy atom. The normalized spacial score (nSPS) is 19.6. The minimum Gasteiger partial charge on any atom is -0.508 e. The van der Waals surface area contributed by atoms with E-state index in [9.17, 15) is 9.90 Å². The van der Waals surface area contributed by atoms with Crippen LogP contribution in [0.25, 0.3) is 0 Å². The molecule has 1 saturated heterocycles. The summed E-state index contributed by atoms with van der Waals surface area (Å²) in [6, 6.07) is 6.36. The molecule has 0 aromatic heterocycles. The number of nitrogens with zero attached hydrogens (tertiary/aromatic N) is 1. The second-order valence-electron chi connectivity index (χ2n) is 6.47. The van der Waals surface area contributed by atoms with Crippen molar-refractivity contribution in [2.45, 2.75) is 39.2 Å². The topological polar surface area (TPSA) is 66.6 Å². The van der Waals surface area contributed by atoms with Crippen LogP contribution in [0.1, 0.15) is 32.3 Å². The molecule has 0 radical (unpaired) electrons. The van der Waals surface area contributed by atoms with Crippen LogP contribution in [0.5, 0.6) is 5.75 Å². The molecule has 0 saturated carbocycles. The third-order valence-corrected chi connectivity index (χ3v) is 4.14. The SMILES string of the molecule is CC1(C)CCN(C(=O)[C@@H](N)Cc2ccc(O)cc2)CC1. The molecule has 1 aliphatic rings. The minimum atomic E-state index is -0.499. The van der Waals surface area contributed by atoms with Gasteiger partial charge in [-0.15, -0.1) is 0 Å². The van der Waals surface area contributed by atoms with Crippen molar-refractivity contribution in [2.75, 3.05) is 13.1 Å². The Hall–Kier alpha value is -1.55. The van der Waals surface area contributed by atoms with Crippen LogP contribution in [0.3, 0.4) is 0 Å². The number of phenols is 1. The van der Waals surface area contributed by atoms with E-state index in [0.717, 1.165) is 31.5 Å². The van der Waals surface area contributed by atoms with Crippen LogP contribution >= 0.6 is 0 Å². The van der Waals surface area contributed by atoms with Crippen LogP contribution in [0.4, 0.5) is 0 Å². The summed E-state index contributed by atoms with van der Waals surface area (Å²) in [5.41, 5.74) is 7.34. The molecule has 1 atom stereocenters. The van der Waals surface area contributed by atoms with Gasteiger partial charge >= 0.3 is 0 Å². The van der Waals surface area contributed by atoms with E-state index in [1.54, 1.807) is 12.1 Å². The molecule has 20 heavy (non-hydrogen) atoms. The lowest BCUT2D eigenvalue weighted by Crippen LogP contribution is -2.49. The predicted molar refractivity (Wildman–Crippen MR) is 79.4 cm³/mol. The number of amides is 1. The van der Waals surface area contributed by atoms with E-state index in [1.165, 1.54) is 0 Å². The lowest BCUT2D eigenvalue weighted by Gasteiger charge is -2.37. The van der Waals surface area contributed by atoms with Crippen LogP contribution < -0.4 is 5.73 Å². The Balaban J connectivity index is 1.90. The quantitative estimate of drug-likeness (QED) is 0.886. The number of nitrogens with two attached hydrogens (primary N) is 1. The number of benzene rings is 1. The molecule has 0 spiro atoms. The van der Waals surface area contributed by atoms with E-state index in [4.69, 9.17) is 5.73 Å². The number of likely N-dealkylation sites (tertiary alicyclic amines) is 1. The number of aromatic hydroxyl groups is 1. The molecule has 110 valence electrons. The van der Waals surface area contributed by atoms with Gasteiger partial charge in [-0.05, 0) is 42.4 Å². The highest BCUT2D eigenvalue weighted by molar-refractivity contribution is 5.82. The Labute approximate surface area is 120 Å². The number of hydrogen-bond acceptors (Lipinski definition) is 3. The second kappa shape index (κ2) is 5.83. The fourth-order valence-electron chi connectivity index (χ4n) is 2.54. The Morgan fingerprint density at radius 2 is 1.85 bits per heavy atom. The van der Waals surface area contributed by atoms with Crippen molar-refractivity contribution in [3.63, 3.8) is 0 Å². The van der Waals surface area contributed by atoms with Gasteiger partial charge in [0.05, 0.1) is 6.04 Å². The first-order valence-corrected chi connectivity index (χ1v) is 7.20. The van der Waals surface area contributed by atoms with Gasteiger partial charge in [-0.25, -0.2) is 0 Å². The summed E-state index contributed by atoms with van der Waals surface area (Å²) in [6.45, 7) is 6.08. The lowest BCUT2D eigenvalue weighted by molar-refractivity contribution is -0.134. The first kappa shape index (κ1) is 14.9. The van der Waals surface area contributed by atoms with Crippen LogP contribution in [0, 0.1) is 5.41 Å². The molecular formula is C16H24N2O2. The van der Waals surface area contributed by atoms with Gasteiger partial charge in [0.25, 0.3) is 0 Å². The highest BCUT2D eigenvalue weighted by atomic mass is 16.3. The predicted octanol–water partition coefficient (Wildman–Crippen LogP) is 1.91. The van der Waals surface area contributed by atoms with Crippen molar-refractivity contribution >= 4 is 5.91 Å². The third-order valence-electron chi connectivity index (χ3n) is 4.14. The second-order valence-corrected chi connectivity index (χ2v) is 6.47. The molecule has 1 aromatic carbocycles. The van der Waals surface area contributed by atoms with Crippen molar-refractivity contribution in [1.82, 2.24) is 4.90 Å². The Bertz CT molecular complexity index is 458. The van der Waals surface area contributed by atoms with E-state index < -0.39 is 6.04 Å². The maximum absolute atomic E-state index is 12.3. The first-order valence-electron chi connectivity index (χ1n) is 7.20. The summed E-state index contributed by atoms with van der Waals surface area (Å²) < 4.78 is 0. The molecule has 1 amide bonds. The number of phenolic OH excluding ortho intramolecular Hbond substituents is 1. The Kier molecular flexibility index (Phi) is 4.33. The number of rotatable bonds is 3. The molecule has 1 heterocycles. The molecule has 3 N–H and O–H groups in total. The third kappa shape index (κ3) is 3.73. The molecule has 1 fully saturated rings. The fraction of sp³-hybridized carbons (Fsp3) is 0.562. The van der Waals surface area contributed by atoms with E-state index in [-0.39, 0.29) is 11.7 Å². The average molecular weight is 276 g/mol. The average Bonchev–Trinajstić information content (AvgIpc) is 2.40. The lowest BCUT2D eigenvalue weighted by atomic mass is 9.82. The summed E-state index contributed by atoms with van der Waals surface area (Å²) in [5, 5.41) is 9.25. The first-order chi connectivity index (χ1) is 9.37. The summed E-state index contributed by atoms with van der Waals surface area (Å²) in [5.74, 6) is 0.264. The summed E-state index contributed by atoms with van der Waals surface area (Å²) in [6.07, 6.45) is 2.58. The maximum atomic E-state index is 12.3. The van der Waals surface area contributed by atoms with Gasteiger partial charge in [-0.1, -0.05) is 26.0 Å². The zero-order valence-corrected chi connectivity index (χ0v) is 12.3. The summed E-state index contributed by atoms with van der Waals surface area (Å²) in [7, 11) is 0. The van der Waals surface area contributed by atoms with Gasteiger partial charge in [0.1, 0.15) is 5.75 Å². The largest absolute Gasteiger partial charge is 0.508 e. The molecule has 1 aromatic rings. The fourth-order valence-corrected chi connectivity index (χ4v) is 2.54. The maximum Gasteiger partial charge on any atom is 0.239 e. The van der Waals surface area contributed by atoms with E-state index in [0.29, 0.717) is 11.8 Å². The van der Waals surface area contributed by atoms with Gasteiger partial charge < -0.3 is 15.7 Å². The van der Waals surface area contributed by atoms with Crippen LogP contribution in [-0.4, -0.2) is 35.0 Å². The van der Waals surface area contributed by atoms with Crippen molar-refractivity contribution in [1.29, 1.82) is 0 Å². The van der Waals surface area contributed by atoms with Crippen LogP contribution in [-0.2, 0) is 11.2 Å². The molecule has 2 rings (SSSR count). The highest BCUT2D eigenvalue weighted by Gasteiger charge is 2.29. The van der Waals surface area contributed by atoms with E-state index in [2.05, 4.69) is 13.8 Å². The Morgan fingerprint density at radius 1 is 1.30 bits per heavy atom. The number of carbonyl (C=O) groups is 1. The number of hydrogen-bond donors (Lipinski definition) is 2.